The van der Waals surface area contributed by atoms with Gasteiger partial charge in [-0.25, -0.2) is 14.2 Å². The number of hydrogen-bond acceptors (Lipinski definition) is 4. The van der Waals surface area contributed by atoms with Crippen molar-refractivity contribution in [3.8, 4) is 5.69 Å². The average molecular weight is 394 g/mol. The van der Waals surface area contributed by atoms with Crippen LogP contribution in [0, 0.1) is 19.7 Å². The molecule has 0 radical (unpaired) electrons. The van der Waals surface area contributed by atoms with Crippen molar-refractivity contribution in [1.29, 1.82) is 0 Å². The number of carbonyl (C=O) groups excluding carboxylic acids is 1. The molecule has 0 atom stereocenters. The van der Waals surface area contributed by atoms with Crippen LogP contribution in [0.15, 0.2) is 41.2 Å². The smallest absolute Gasteiger partial charge is 0.330 e. The van der Waals surface area contributed by atoms with Crippen LogP contribution < -0.4 is 5.56 Å². The van der Waals surface area contributed by atoms with E-state index in [1.165, 1.54) is 18.2 Å². The molecule has 0 fully saturated rings. The van der Waals surface area contributed by atoms with Gasteiger partial charge in [-0.15, -0.1) is 0 Å². The molecule has 0 saturated heterocycles. The van der Waals surface area contributed by atoms with Gasteiger partial charge in [0.15, 0.2) is 0 Å². The van der Waals surface area contributed by atoms with Crippen molar-refractivity contribution in [2.45, 2.75) is 34.1 Å². The maximum atomic E-state index is 14.5. The normalized spacial score (nSPS) is 11.3. The zero-order valence-corrected chi connectivity index (χ0v) is 17.0. The maximum Gasteiger partial charge on any atom is 0.330 e. The number of hydrogen-bond donors (Lipinski definition) is 0. The topological polar surface area (TPSA) is 61.2 Å². The summed E-state index contributed by atoms with van der Waals surface area (Å²) in [6, 6.07) is 8.54. The molecule has 0 saturated carbocycles. The molecule has 3 rings (SSSR count). The molecule has 0 aliphatic heterocycles. The first kappa shape index (κ1) is 20.5. The van der Waals surface area contributed by atoms with Crippen molar-refractivity contribution in [3.63, 3.8) is 0 Å². The van der Waals surface area contributed by atoms with Crippen molar-refractivity contribution >= 4 is 22.9 Å². The number of carbonyl (C=O) groups is 1. The van der Waals surface area contributed by atoms with Crippen molar-refractivity contribution in [2.24, 2.45) is 0 Å². The summed E-state index contributed by atoms with van der Waals surface area (Å²) in [5.74, 6) is -0.568. The van der Waals surface area contributed by atoms with Gasteiger partial charge in [0.05, 0.1) is 23.2 Å². The number of nitrogens with zero attached hydrogens (tertiary/aromatic N) is 2. The highest BCUT2D eigenvalue weighted by Gasteiger charge is 2.15. The second-order valence-corrected chi connectivity index (χ2v) is 6.79. The monoisotopic (exact) mass is 394 g/mol. The van der Waals surface area contributed by atoms with E-state index in [4.69, 9.17) is 4.74 Å². The fourth-order valence-corrected chi connectivity index (χ4v) is 3.19. The molecule has 0 unspecified atom stereocenters. The minimum atomic E-state index is -0.570. The van der Waals surface area contributed by atoms with E-state index < -0.39 is 11.8 Å². The van der Waals surface area contributed by atoms with Gasteiger partial charge >= 0.3 is 5.97 Å². The lowest BCUT2D eigenvalue weighted by Gasteiger charge is -2.15. The highest BCUT2D eigenvalue weighted by Crippen LogP contribution is 2.21. The number of fused-ring (bicyclic) bond motifs is 1. The van der Waals surface area contributed by atoms with Crippen molar-refractivity contribution in [2.75, 3.05) is 6.61 Å². The average Bonchev–Trinajstić information content (AvgIpc) is 2.68. The highest BCUT2D eigenvalue weighted by atomic mass is 19.1. The Morgan fingerprint density at radius 1 is 1.21 bits per heavy atom. The molecule has 2 aromatic carbocycles. The van der Waals surface area contributed by atoms with E-state index in [0.717, 1.165) is 22.9 Å². The standard InChI is InChI=1S/C23H23FN2O3/c1-5-21-25-19-13-18(24)16(9-10-22(27)29-6-2)12-17(19)23(28)26(21)20-11-14(3)7-8-15(20)4/h7-13H,5-6H2,1-4H3. The van der Waals surface area contributed by atoms with Crippen LogP contribution >= 0.6 is 0 Å². The van der Waals surface area contributed by atoms with Crippen LogP contribution in [0.25, 0.3) is 22.7 Å². The van der Waals surface area contributed by atoms with Crippen LogP contribution in [0.5, 0.6) is 0 Å². The summed E-state index contributed by atoms with van der Waals surface area (Å²) in [7, 11) is 0. The Labute approximate surface area is 168 Å². The maximum absolute atomic E-state index is 14.5. The van der Waals surface area contributed by atoms with Crippen molar-refractivity contribution < 1.29 is 13.9 Å². The fraction of sp³-hybridized carbons (Fsp3) is 0.261. The van der Waals surface area contributed by atoms with Gasteiger partial charge in [0, 0.05) is 24.1 Å². The third kappa shape index (κ3) is 4.11. The van der Waals surface area contributed by atoms with Gasteiger partial charge in [-0.05, 0) is 50.1 Å². The van der Waals surface area contributed by atoms with Crippen LogP contribution in [0.4, 0.5) is 4.39 Å². The molecule has 1 heterocycles. The van der Waals surface area contributed by atoms with Crippen molar-refractivity contribution in [3.05, 3.63) is 75.1 Å². The molecule has 0 amide bonds. The summed E-state index contributed by atoms with van der Waals surface area (Å²) in [4.78, 5) is 29.4. The van der Waals surface area contributed by atoms with Gasteiger partial charge in [-0.2, -0.15) is 0 Å². The summed E-state index contributed by atoms with van der Waals surface area (Å²) in [6.45, 7) is 7.72. The third-order valence-electron chi connectivity index (χ3n) is 4.66. The van der Waals surface area contributed by atoms with Crippen LogP contribution in [0.1, 0.15) is 36.4 Å². The first-order valence-electron chi connectivity index (χ1n) is 9.53. The molecule has 0 bridgehead atoms. The Morgan fingerprint density at radius 3 is 2.66 bits per heavy atom. The van der Waals surface area contributed by atoms with Gasteiger partial charge in [-0.3, -0.25) is 9.36 Å². The number of aromatic nitrogens is 2. The summed E-state index contributed by atoms with van der Waals surface area (Å²) in [5.41, 5.74) is 2.87. The Kier molecular flexibility index (Phi) is 5.92. The predicted octanol–water partition coefficient (Wildman–Crippen LogP) is 4.28. The van der Waals surface area contributed by atoms with Gasteiger partial charge < -0.3 is 4.74 Å². The molecular weight excluding hydrogens is 371 g/mol. The second-order valence-electron chi connectivity index (χ2n) is 6.79. The van der Waals surface area contributed by atoms with Crippen molar-refractivity contribution in [1.82, 2.24) is 9.55 Å². The molecule has 0 aliphatic carbocycles. The van der Waals surface area contributed by atoms with E-state index >= 15 is 0 Å². The Balaban J connectivity index is 2.25. The molecule has 1 aromatic heterocycles. The zero-order chi connectivity index (χ0) is 21.1. The van der Waals surface area contributed by atoms with Gasteiger partial charge in [-0.1, -0.05) is 19.1 Å². The van der Waals surface area contributed by atoms with Gasteiger partial charge in [0.2, 0.25) is 0 Å². The number of halogens is 1. The molecule has 0 spiro atoms. The lowest BCUT2D eigenvalue weighted by atomic mass is 10.1. The largest absolute Gasteiger partial charge is 0.463 e. The summed E-state index contributed by atoms with van der Waals surface area (Å²) in [6.07, 6.45) is 2.97. The van der Waals surface area contributed by atoms with Crippen LogP contribution in [-0.2, 0) is 16.0 Å². The van der Waals surface area contributed by atoms with Crippen LogP contribution in [0.2, 0.25) is 0 Å². The molecular formula is C23H23FN2O3. The number of ether oxygens (including phenoxy) is 1. The van der Waals surface area contributed by atoms with E-state index in [2.05, 4.69) is 4.98 Å². The lowest BCUT2D eigenvalue weighted by Crippen LogP contribution is -2.24. The minimum absolute atomic E-state index is 0.126. The van der Waals surface area contributed by atoms with E-state index in [-0.39, 0.29) is 23.1 Å². The SMILES string of the molecule is CCOC(=O)C=Cc1cc2c(=O)n(-c3cc(C)ccc3C)c(CC)nc2cc1F. The van der Waals surface area contributed by atoms with Crippen LogP contribution in [0.3, 0.4) is 0 Å². The number of rotatable bonds is 5. The molecule has 0 aliphatic rings. The predicted molar refractivity (Wildman–Crippen MR) is 112 cm³/mol. The second kappa shape index (κ2) is 8.39. The summed E-state index contributed by atoms with van der Waals surface area (Å²) in [5, 5.41) is 0.285. The molecule has 6 heteroatoms. The number of benzene rings is 2. The van der Waals surface area contributed by atoms with Gasteiger partial charge in [0.1, 0.15) is 11.6 Å². The minimum Gasteiger partial charge on any atom is -0.463 e. The van der Waals surface area contributed by atoms with E-state index in [9.17, 15) is 14.0 Å². The summed E-state index contributed by atoms with van der Waals surface area (Å²) < 4.78 is 20.9. The molecule has 5 nitrogen and oxygen atoms in total. The van der Waals surface area contributed by atoms with E-state index in [1.54, 1.807) is 11.5 Å². The quantitative estimate of drug-likeness (QED) is 0.479. The van der Waals surface area contributed by atoms with E-state index in [1.807, 2.05) is 39.0 Å². The summed E-state index contributed by atoms with van der Waals surface area (Å²) >= 11 is 0. The first-order valence-corrected chi connectivity index (χ1v) is 9.53. The first-order chi connectivity index (χ1) is 13.8. The Bertz CT molecular complexity index is 1180. The van der Waals surface area contributed by atoms with E-state index in [0.29, 0.717) is 17.8 Å². The molecule has 3 aromatic rings. The molecule has 150 valence electrons. The molecule has 0 N–H and O–H groups in total. The number of esters is 1. The Hall–Kier alpha value is -3.28. The highest BCUT2D eigenvalue weighted by molar-refractivity contribution is 5.88. The van der Waals surface area contributed by atoms with Crippen LogP contribution in [-0.4, -0.2) is 22.1 Å². The zero-order valence-electron chi connectivity index (χ0n) is 17.0. The molecule has 29 heavy (non-hydrogen) atoms. The number of aryl methyl sites for hydroxylation is 3. The lowest BCUT2D eigenvalue weighted by molar-refractivity contribution is -0.137. The van der Waals surface area contributed by atoms with Gasteiger partial charge in [0.25, 0.3) is 5.56 Å². The fourth-order valence-electron chi connectivity index (χ4n) is 3.19. The Morgan fingerprint density at radius 2 is 1.97 bits per heavy atom. The third-order valence-corrected chi connectivity index (χ3v) is 4.66.